The number of nitrogens with zero attached hydrogens (tertiary/aromatic N) is 3. The van der Waals surface area contributed by atoms with Crippen molar-refractivity contribution in [2.24, 2.45) is 10.2 Å². The number of hydrogen-bond acceptors (Lipinski definition) is 5. The zero-order valence-electron chi connectivity index (χ0n) is 10.7. The van der Waals surface area contributed by atoms with Gasteiger partial charge in [0.15, 0.2) is 11.6 Å². The minimum Gasteiger partial charge on any atom is -0.504 e. The highest BCUT2D eigenvalue weighted by molar-refractivity contribution is 5.90. The molecule has 0 spiro atoms. The molecule has 3 aromatic rings. The molecule has 104 valence electrons. The Morgan fingerprint density at radius 1 is 1.10 bits per heavy atom. The normalized spacial score (nSPS) is 11.2. The number of aromatic nitrogens is 1. The molecule has 21 heavy (non-hydrogen) atoms. The molecule has 2 N–H and O–H groups in total. The summed E-state index contributed by atoms with van der Waals surface area (Å²) in [5, 5.41) is 29.2. The van der Waals surface area contributed by atoms with E-state index in [1.165, 1.54) is 18.2 Å². The number of benzene rings is 2. The molecule has 1 heterocycles. The van der Waals surface area contributed by atoms with Crippen molar-refractivity contribution in [2.75, 3.05) is 0 Å². The number of H-pyrrole nitrogens is 1. The number of aromatic amines is 1. The summed E-state index contributed by atoms with van der Waals surface area (Å²) in [4.78, 5) is 13.1. The van der Waals surface area contributed by atoms with Crippen LogP contribution in [0.1, 0.15) is 0 Å². The molecule has 1 aromatic heterocycles. The van der Waals surface area contributed by atoms with Gasteiger partial charge in [0.05, 0.1) is 16.1 Å². The third-order valence-corrected chi connectivity index (χ3v) is 2.97. The van der Waals surface area contributed by atoms with E-state index in [2.05, 4.69) is 15.2 Å². The summed E-state index contributed by atoms with van der Waals surface area (Å²) in [5.74, 6) is 0.211. The van der Waals surface area contributed by atoms with Crippen LogP contribution >= 0.6 is 0 Å². The molecule has 7 heteroatoms. The van der Waals surface area contributed by atoms with Crippen molar-refractivity contribution in [2.45, 2.75) is 0 Å². The lowest BCUT2D eigenvalue weighted by Gasteiger charge is -1.93. The molecule has 0 radical (unpaired) electrons. The minimum atomic E-state index is -0.501. The average molecular weight is 282 g/mol. The van der Waals surface area contributed by atoms with E-state index in [0.717, 1.165) is 5.52 Å². The van der Waals surface area contributed by atoms with Crippen molar-refractivity contribution < 1.29 is 10.0 Å². The van der Waals surface area contributed by atoms with Crippen molar-refractivity contribution in [3.63, 3.8) is 0 Å². The predicted molar refractivity (Wildman–Crippen MR) is 77.2 cm³/mol. The van der Waals surface area contributed by atoms with Crippen molar-refractivity contribution in [3.8, 4) is 5.75 Å². The van der Waals surface area contributed by atoms with Crippen molar-refractivity contribution in [1.29, 1.82) is 0 Å². The first-order chi connectivity index (χ1) is 10.1. The van der Waals surface area contributed by atoms with Gasteiger partial charge in [-0.15, -0.1) is 10.2 Å². The number of nitrogens with one attached hydrogen (secondary N) is 1. The van der Waals surface area contributed by atoms with Crippen LogP contribution in [0, 0.1) is 10.1 Å². The maximum Gasteiger partial charge on any atom is 0.271 e. The predicted octanol–water partition coefficient (Wildman–Crippen LogP) is 4.20. The molecule has 0 bridgehead atoms. The number of rotatable bonds is 3. The third kappa shape index (κ3) is 2.44. The topological polar surface area (TPSA) is 104 Å². The van der Waals surface area contributed by atoms with Gasteiger partial charge in [-0.2, -0.15) is 0 Å². The first kappa shape index (κ1) is 12.8. The number of nitro groups is 1. The summed E-state index contributed by atoms with van der Waals surface area (Å²) < 4.78 is 0. The van der Waals surface area contributed by atoms with E-state index in [1.807, 2.05) is 6.07 Å². The van der Waals surface area contributed by atoms with Gasteiger partial charge < -0.3 is 10.1 Å². The molecule has 0 fully saturated rings. The van der Waals surface area contributed by atoms with Crippen LogP contribution in [0.2, 0.25) is 0 Å². The number of non-ortho nitro benzene ring substituents is 1. The molecule has 2 aromatic carbocycles. The SMILES string of the molecule is O=[N+]([O-])c1cccc(N=Nc2[nH]c3ccccc3c2O)c1. The molecule has 0 atom stereocenters. The minimum absolute atomic E-state index is 0.000203. The molecule has 0 aliphatic carbocycles. The zero-order chi connectivity index (χ0) is 14.8. The van der Waals surface area contributed by atoms with E-state index in [1.54, 1.807) is 24.3 Å². The second-order valence-electron chi connectivity index (χ2n) is 4.34. The highest BCUT2D eigenvalue weighted by Gasteiger charge is 2.09. The third-order valence-electron chi connectivity index (χ3n) is 2.97. The fraction of sp³-hybridized carbons (Fsp3) is 0. The van der Waals surface area contributed by atoms with E-state index in [4.69, 9.17) is 0 Å². The summed E-state index contributed by atoms with van der Waals surface area (Å²) in [5.41, 5.74) is 1.01. The second-order valence-corrected chi connectivity index (χ2v) is 4.34. The fourth-order valence-electron chi connectivity index (χ4n) is 1.96. The van der Waals surface area contributed by atoms with Gasteiger partial charge in [0.1, 0.15) is 0 Å². The molecule has 0 saturated carbocycles. The molecule has 0 amide bonds. The van der Waals surface area contributed by atoms with Gasteiger partial charge >= 0.3 is 0 Å². The van der Waals surface area contributed by atoms with Gasteiger partial charge in [0.2, 0.25) is 0 Å². The maximum atomic E-state index is 10.7. The Kier molecular flexibility index (Phi) is 3.07. The number of para-hydroxylation sites is 1. The zero-order valence-corrected chi connectivity index (χ0v) is 10.7. The van der Waals surface area contributed by atoms with Gasteiger partial charge in [0, 0.05) is 17.5 Å². The Hall–Kier alpha value is -3.22. The van der Waals surface area contributed by atoms with Crippen LogP contribution in [0.5, 0.6) is 5.75 Å². The lowest BCUT2D eigenvalue weighted by atomic mass is 10.2. The quantitative estimate of drug-likeness (QED) is 0.427. The average Bonchev–Trinajstić information content (AvgIpc) is 2.82. The summed E-state index contributed by atoms with van der Waals surface area (Å²) >= 11 is 0. The number of azo groups is 1. The molecule has 7 nitrogen and oxygen atoms in total. The Bertz CT molecular complexity index is 854. The lowest BCUT2D eigenvalue weighted by molar-refractivity contribution is -0.384. The van der Waals surface area contributed by atoms with E-state index in [0.29, 0.717) is 11.1 Å². The maximum absolute atomic E-state index is 10.7. The number of fused-ring (bicyclic) bond motifs is 1. The molecular weight excluding hydrogens is 272 g/mol. The van der Waals surface area contributed by atoms with E-state index in [-0.39, 0.29) is 17.3 Å². The smallest absolute Gasteiger partial charge is 0.271 e. The van der Waals surface area contributed by atoms with Crippen LogP contribution in [0.4, 0.5) is 17.2 Å². The van der Waals surface area contributed by atoms with Crippen LogP contribution in [0.15, 0.2) is 58.8 Å². The Labute approximate surface area is 118 Å². The van der Waals surface area contributed by atoms with Crippen LogP contribution in [-0.2, 0) is 0 Å². The van der Waals surface area contributed by atoms with Crippen LogP contribution in [0.25, 0.3) is 10.9 Å². The molecule has 0 unspecified atom stereocenters. The fourth-order valence-corrected chi connectivity index (χ4v) is 1.96. The number of nitro benzene ring substituents is 1. The van der Waals surface area contributed by atoms with Crippen molar-refractivity contribution in [3.05, 3.63) is 58.6 Å². The van der Waals surface area contributed by atoms with Gasteiger partial charge in [0.25, 0.3) is 5.69 Å². The van der Waals surface area contributed by atoms with Crippen LogP contribution < -0.4 is 0 Å². The first-order valence-corrected chi connectivity index (χ1v) is 6.11. The summed E-state index contributed by atoms with van der Waals surface area (Å²) in [6.07, 6.45) is 0. The molecule has 0 saturated heterocycles. The van der Waals surface area contributed by atoms with Crippen molar-refractivity contribution >= 4 is 28.1 Å². The number of hydrogen-bond donors (Lipinski definition) is 2. The Morgan fingerprint density at radius 2 is 1.90 bits per heavy atom. The number of aromatic hydroxyl groups is 1. The second kappa shape index (κ2) is 5.04. The molecule has 0 aliphatic rings. The van der Waals surface area contributed by atoms with E-state index < -0.39 is 4.92 Å². The van der Waals surface area contributed by atoms with Gasteiger partial charge in [-0.1, -0.05) is 18.2 Å². The lowest BCUT2D eigenvalue weighted by Crippen LogP contribution is -1.85. The molecule has 0 aliphatic heterocycles. The highest BCUT2D eigenvalue weighted by atomic mass is 16.6. The van der Waals surface area contributed by atoms with E-state index in [9.17, 15) is 15.2 Å². The Balaban J connectivity index is 1.96. The van der Waals surface area contributed by atoms with Gasteiger partial charge in [-0.25, -0.2) is 0 Å². The van der Waals surface area contributed by atoms with Crippen LogP contribution in [0.3, 0.4) is 0 Å². The highest BCUT2D eigenvalue weighted by Crippen LogP contribution is 2.35. The molecular formula is C14H10N4O3. The summed E-state index contributed by atoms with van der Waals surface area (Å²) in [6.45, 7) is 0. The molecule has 3 rings (SSSR count). The summed E-state index contributed by atoms with van der Waals surface area (Å²) in [7, 11) is 0. The van der Waals surface area contributed by atoms with Gasteiger partial charge in [-0.05, 0) is 18.2 Å². The monoisotopic (exact) mass is 282 g/mol. The first-order valence-electron chi connectivity index (χ1n) is 6.11. The summed E-state index contributed by atoms with van der Waals surface area (Å²) in [6, 6.07) is 13.0. The van der Waals surface area contributed by atoms with Crippen molar-refractivity contribution in [1.82, 2.24) is 4.98 Å². The van der Waals surface area contributed by atoms with Gasteiger partial charge in [-0.3, -0.25) is 10.1 Å². The Morgan fingerprint density at radius 3 is 2.67 bits per heavy atom. The van der Waals surface area contributed by atoms with E-state index >= 15 is 0 Å². The largest absolute Gasteiger partial charge is 0.504 e. The standard InChI is InChI=1S/C14H10N4O3/c19-13-11-6-1-2-7-12(11)15-14(13)17-16-9-4-3-5-10(8-9)18(20)21/h1-8,15,19H. The van der Waals surface area contributed by atoms with Crippen LogP contribution in [-0.4, -0.2) is 15.0 Å².